The number of sulfonamides is 1. The Hall–Kier alpha value is -2.22. The summed E-state index contributed by atoms with van der Waals surface area (Å²) in [5.41, 5.74) is 3.14. The predicted octanol–water partition coefficient (Wildman–Crippen LogP) is 2.25. The quantitative estimate of drug-likeness (QED) is 0.852. The molecule has 2 aromatic carbocycles. The molecule has 0 aromatic heterocycles. The van der Waals surface area contributed by atoms with Gasteiger partial charge < -0.3 is 10.1 Å². The largest absolute Gasteiger partial charge is 0.379 e. The van der Waals surface area contributed by atoms with Crippen molar-refractivity contribution in [2.45, 2.75) is 25.3 Å². The molecule has 1 aliphatic rings. The van der Waals surface area contributed by atoms with Gasteiger partial charge in [0.2, 0.25) is 10.0 Å². The minimum Gasteiger partial charge on any atom is -0.379 e. The lowest BCUT2D eigenvalue weighted by atomic mass is 10.1. The van der Waals surface area contributed by atoms with Crippen LogP contribution >= 0.6 is 0 Å². The highest BCUT2D eigenvalue weighted by Crippen LogP contribution is 2.21. The maximum atomic E-state index is 13.0. The number of nitrogens with zero attached hydrogens (tertiary/aromatic N) is 1. The lowest BCUT2D eigenvalue weighted by Gasteiger charge is -2.27. The summed E-state index contributed by atoms with van der Waals surface area (Å²) in [6.45, 7) is 5.47. The highest BCUT2D eigenvalue weighted by Gasteiger charge is 2.28. The van der Waals surface area contributed by atoms with Crippen molar-refractivity contribution in [1.29, 1.82) is 0 Å². The monoisotopic (exact) mass is 388 g/mol. The summed E-state index contributed by atoms with van der Waals surface area (Å²) in [5.74, 6) is -0.217. The SMILES string of the molecule is Cc1ccc(C(=O)NCc2ccccc2S(=O)(=O)N2CCOCC2)c(C)c1. The Balaban J connectivity index is 1.79. The molecule has 0 saturated carbocycles. The van der Waals surface area contributed by atoms with Gasteiger partial charge in [-0.25, -0.2) is 8.42 Å². The third-order valence-electron chi connectivity index (χ3n) is 4.63. The number of benzene rings is 2. The molecular formula is C20H24N2O4S. The molecule has 1 aliphatic heterocycles. The number of hydrogen-bond acceptors (Lipinski definition) is 4. The molecule has 1 fully saturated rings. The molecule has 3 rings (SSSR count). The standard InChI is InChI=1S/C20H24N2O4S/c1-15-7-8-18(16(2)13-15)20(23)21-14-17-5-3-4-6-19(17)27(24,25)22-9-11-26-12-10-22/h3-8,13H,9-12,14H2,1-2H3,(H,21,23). The van der Waals surface area contributed by atoms with E-state index in [1.54, 1.807) is 30.3 Å². The van der Waals surface area contributed by atoms with Crippen molar-refractivity contribution in [3.05, 3.63) is 64.7 Å². The first kappa shape index (κ1) is 19.5. The van der Waals surface area contributed by atoms with Gasteiger partial charge in [0, 0.05) is 25.2 Å². The Morgan fingerprint density at radius 3 is 2.52 bits per heavy atom. The molecule has 0 radical (unpaired) electrons. The van der Waals surface area contributed by atoms with E-state index < -0.39 is 10.0 Å². The van der Waals surface area contributed by atoms with Crippen LogP contribution in [0.25, 0.3) is 0 Å². The van der Waals surface area contributed by atoms with Crippen LogP contribution in [0.4, 0.5) is 0 Å². The number of morpholine rings is 1. The van der Waals surface area contributed by atoms with Crippen LogP contribution in [0.1, 0.15) is 27.0 Å². The second kappa shape index (κ2) is 8.21. The van der Waals surface area contributed by atoms with Gasteiger partial charge in [0.05, 0.1) is 18.1 Å². The maximum Gasteiger partial charge on any atom is 0.251 e. The molecule has 1 saturated heterocycles. The van der Waals surface area contributed by atoms with Crippen molar-refractivity contribution in [3.8, 4) is 0 Å². The molecule has 144 valence electrons. The van der Waals surface area contributed by atoms with Gasteiger partial charge in [0.25, 0.3) is 5.91 Å². The summed E-state index contributed by atoms with van der Waals surface area (Å²) in [7, 11) is -3.62. The average molecular weight is 388 g/mol. The zero-order valence-corrected chi connectivity index (χ0v) is 16.4. The fraction of sp³-hybridized carbons (Fsp3) is 0.350. The lowest BCUT2D eigenvalue weighted by molar-refractivity contribution is 0.0730. The summed E-state index contributed by atoms with van der Waals surface area (Å²) in [6.07, 6.45) is 0. The van der Waals surface area contributed by atoms with Crippen LogP contribution in [0.2, 0.25) is 0 Å². The highest BCUT2D eigenvalue weighted by atomic mass is 32.2. The van der Waals surface area contributed by atoms with Gasteiger partial charge in [-0.15, -0.1) is 0 Å². The smallest absolute Gasteiger partial charge is 0.251 e. The summed E-state index contributed by atoms with van der Waals surface area (Å²) in [5, 5.41) is 2.84. The Morgan fingerprint density at radius 2 is 1.81 bits per heavy atom. The number of nitrogens with one attached hydrogen (secondary N) is 1. The fourth-order valence-electron chi connectivity index (χ4n) is 3.17. The van der Waals surface area contributed by atoms with E-state index in [0.717, 1.165) is 11.1 Å². The van der Waals surface area contributed by atoms with Gasteiger partial charge in [0.15, 0.2) is 0 Å². The first-order valence-corrected chi connectivity index (χ1v) is 10.3. The lowest BCUT2D eigenvalue weighted by Crippen LogP contribution is -2.41. The van der Waals surface area contributed by atoms with E-state index >= 15 is 0 Å². The topological polar surface area (TPSA) is 75.7 Å². The molecule has 1 heterocycles. The van der Waals surface area contributed by atoms with Gasteiger partial charge in [-0.3, -0.25) is 4.79 Å². The van der Waals surface area contributed by atoms with Gasteiger partial charge in [-0.2, -0.15) is 4.31 Å². The van der Waals surface area contributed by atoms with Crippen LogP contribution in [0.5, 0.6) is 0 Å². The summed E-state index contributed by atoms with van der Waals surface area (Å²) in [4.78, 5) is 12.8. The Morgan fingerprint density at radius 1 is 1.11 bits per heavy atom. The number of aryl methyl sites for hydroxylation is 2. The molecule has 0 atom stereocenters. The second-order valence-corrected chi connectivity index (χ2v) is 8.53. The maximum absolute atomic E-state index is 13.0. The van der Waals surface area contributed by atoms with Crippen LogP contribution in [0, 0.1) is 13.8 Å². The van der Waals surface area contributed by atoms with Crippen LogP contribution < -0.4 is 5.32 Å². The molecule has 6 nitrogen and oxygen atoms in total. The van der Waals surface area contributed by atoms with Crippen molar-refractivity contribution in [2.24, 2.45) is 0 Å². The molecule has 7 heteroatoms. The summed E-state index contributed by atoms with van der Waals surface area (Å²) in [6, 6.07) is 12.4. The minimum absolute atomic E-state index is 0.145. The molecule has 0 aliphatic carbocycles. The number of carbonyl (C=O) groups excluding carboxylic acids is 1. The first-order chi connectivity index (χ1) is 12.9. The van der Waals surface area contributed by atoms with E-state index in [2.05, 4.69) is 5.32 Å². The van der Waals surface area contributed by atoms with Crippen molar-refractivity contribution >= 4 is 15.9 Å². The summed E-state index contributed by atoms with van der Waals surface area (Å²) >= 11 is 0. The van der Waals surface area contributed by atoms with E-state index in [0.29, 0.717) is 37.4 Å². The Kier molecular flexibility index (Phi) is 5.94. The molecule has 27 heavy (non-hydrogen) atoms. The molecule has 0 unspecified atom stereocenters. The van der Waals surface area contributed by atoms with E-state index in [1.807, 2.05) is 26.0 Å². The second-order valence-electron chi connectivity index (χ2n) is 6.63. The zero-order chi connectivity index (χ0) is 19.4. The normalized spacial score (nSPS) is 15.5. The number of amides is 1. The molecule has 0 bridgehead atoms. The molecule has 1 amide bonds. The van der Waals surface area contributed by atoms with Crippen molar-refractivity contribution in [3.63, 3.8) is 0 Å². The van der Waals surface area contributed by atoms with Crippen molar-refractivity contribution in [1.82, 2.24) is 9.62 Å². The van der Waals surface area contributed by atoms with Crippen LogP contribution in [-0.2, 0) is 21.3 Å². The third kappa shape index (κ3) is 4.37. The number of ether oxygens (including phenoxy) is 1. The molecule has 2 aromatic rings. The van der Waals surface area contributed by atoms with Crippen molar-refractivity contribution < 1.29 is 17.9 Å². The Labute approximate surface area is 160 Å². The first-order valence-electron chi connectivity index (χ1n) is 8.91. The average Bonchev–Trinajstić information content (AvgIpc) is 2.67. The van der Waals surface area contributed by atoms with E-state index in [1.165, 1.54) is 4.31 Å². The third-order valence-corrected chi connectivity index (χ3v) is 6.63. The molecule has 0 spiro atoms. The van der Waals surface area contributed by atoms with Crippen molar-refractivity contribution in [2.75, 3.05) is 26.3 Å². The van der Waals surface area contributed by atoms with Crippen LogP contribution in [-0.4, -0.2) is 44.9 Å². The zero-order valence-electron chi connectivity index (χ0n) is 15.6. The number of hydrogen-bond donors (Lipinski definition) is 1. The van der Waals surface area contributed by atoms with E-state index in [4.69, 9.17) is 4.74 Å². The van der Waals surface area contributed by atoms with Gasteiger partial charge >= 0.3 is 0 Å². The molecule has 1 N–H and O–H groups in total. The number of rotatable bonds is 5. The predicted molar refractivity (Wildman–Crippen MR) is 103 cm³/mol. The Bertz CT molecular complexity index is 935. The number of carbonyl (C=O) groups is 1. The minimum atomic E-state index is -3.62. The fourth-order valence-corrected chi connectivity index (χ4v) is 4.80. The van der Waals surface area contributed by atoms with E-state index in [9.17, 15) is 13.2 Å². The van der Waals surface area contributed by atoms with E-state index in [-0.39, 0.29) is 17.3 Å². The van der Waals surface area contributed by atoms with Crippen LogP contribution in [0.3, 0.4) is 0 Å². The highest BCUT2D eigenvalue weighted by molar-refractivity contribution is 7.89. The van der Waals surface area contributed by atoms with Crippen LogP contribution in [0.15, 0.2) is 47.4 Å². The van der Waals surface area contributed by atoms with Gasteiger partial charge in [-0.05, 0) is 37.1 Å². The van der Waals surface area contributed by atoms with Gasteiger partial charge in [0.1, 0.15) is 0 Å². The van der Waals surface area contributed by atoms with Gasteiger partial charge in [-0.1, -0.05) is 35.9 Å². The molecular weight excluding hydrogens is 364 g/mol. The summed E-state index contributed by atoms with van der Waals surface area (Å²) < 4.78 is 32.6.